The van der Waals surface area contributed by atoms with Gasteiger partial charge in [0.2, 0.25) is 5.91 Å². The van der Waals surface area contributed by atoms with Gasteiger partial charge in [0, 0.05) is 6.54 Å². The van der Waals surface area contributed by atoms with Crippen molar-refractivity contribution in [3.8, 4) is 0 Å². The van der Waals surface area contributed by atoms with Crippen LogP contribution in [0.3, 0.4) is 0 Å². The van der Waals surface area contributed by atoms with E-state index in [1.807, 2.05) is 0 Å². The van der Waals surface area contributed by atoms with Crippen LogP contribution in [0.2, 0.25) is 0 Å². The Morgan fingerprint density at radius 2 is 1.95 bits per heavy atom. The Balaban J connectivity index is 1.52. The van der Waals surface area contributed by atoms with Crippen molar-refractivity contribution in [2.24, 2.45) is 23.7 Å². The summed E-state index contributed by atoms with van der Waals surface area (Å²) in [5.74, 6) is -1.02. The molecule has 1 amide bonds. The average molecular weight is 291 g/mol. The van der Waals surface area contributed by atoms with Gasteiger partial charge in [-0.2, -0.15) is 0 Å². The molecule has 0 aromatic rings. The Morgan fingerprint density at radius 3 is 2.62 bits per heavy atom. The SMILES string of the molecule is O=C(O)[C@H]1[C@H]2CC[C@H](C2)[C@@H]1C(=O)NCCC1=CCCCC1. The number of nitrogens with one attached hydrogen (secondary N) is 1. The van der Waals surface area contributed by atoms with E-state index < -0.39 is 11.9 Å². The Kier molecular flexibility index (Phi) is 4.32. The first-order valence-electron chi connectivity index (χ1n) is 8.35. The number of hydrogen-bond donors (Lipinski definition) is 2. The van der Waals surface area contributed by atoms with Crippen LogP contribution in [-0.4, -0.2) is 23.5 Å². The zero-order chi connectivity index (χ0) is 14.8. The van der Waals surface area contributed by atoms with E-state index in [0.717, 1.165) is 38.5 Å². The van der Waals surface area contributed by atoms with Crippen LogP contribution in [0.25, 0.3) is 0 Å². The second kappa shape index (κ2) is 6.20. The van der Waals surface area contributed by atoms with Gasteiger partial charge < -0.3 is 10.4 Å². The molecule has 2 bridgehead atoms. The summed E-state index contributed by atoms with van der Waals surface area (Å²) >= 11 is 0. The average Bonchev–Trinajstić information content (AvgIpc) is 3.08. The number of aliphatic carboxylic acids is 1. The molecule has 3 aliphatic rings. The van der Waals surface area contributed by atoms with E-state index in [4.69, 9.17) is 0 Å². The summed E-state index contributed by atoms with van der Waals surface area (Å²) in [5, 5.41) is 12.4. The van der Waals surface area contributed by atoms with Crippen LogP contribution in [-0.2, 0) is 9.59 Å². The third-order valence-electron chi connectivity index (χ3n) is 5.63. The summed E-state index contributed by atoms with van der Waals surface area (Å²) < 4.78 is 0. The largest absolute Gasteiger partial charge is 0.481 e. The molecule has 3 aliphatic carbocycles. The second-order valence-corrected chi connectivity index (χ2v) is 6.87. The number of rotatable bonds is 5. The van der Waals surface area contributed by atoms with Crippen LogP contribution < -0.4 is 5.32 Å². The molecule has 0 aliphatic heterocycles. The Bertz CT molecular complexity index is 457. The number of carboxylic acids is 1. The smallest absolute Gasteiger partial charge is 0.307 e. The summed E-state index contributed by atoms with van der Waals surface area (Å²) in [5.41, 5.74) is 1.45. The number of amides is 1. The standard InChI is InChI=1S/C17H25NO3/c19-16(18-9-8-11-4-2-1-3-5-11)14-12-6-7-13(10-12)15(14)17(20)21/h4,12-15H,1-3,5-10H2,(H,18,19)(H,20,21)/t12-,13+,14+,15+/m1/s1. The maximum atomic E-state index is 12.4. The van der Waals surface area contributed by atoms with Gasteiger partial charge in [0.15, 0.2) is 0 Å². The number of carboxylic acid groups (broad SMARTS) is 1. The van der Waals surface area contributed by atoms with Gasteiger partial charge in [0.1, 0.15) is 0 Å². The summed E-state index contributed by atoms with van der Waals surface area (Å²) in [7, 11) is 0. The predicted octanol–water partition coefficient (Wildman–Crippen LogP) is 2.74. The topological polar surface area (TPSA) is 66.4 Å². The van der Waals surface area contributed by atoms with E-state index in [1.165, 1.54) is 18.4 Å². The first kappa shape index (κ1) is 14.6. The lowest BCUT2D eigenvalue weighted by atomic mass is 9.78. The molecular formula is C17H25NO3. The molecule has 0 saturated heterocycles. The van der Waals surface area contributed by atoms with E-state index in [2.05, 4.69) is 11.4 Å². The number of fused-ring (bicyclic) bond motifs is 2. The van der Waals surface area contributed by atoms with Gasteiger partial charge in [-0.05, 0) is 63.2 Å². The molecule has 2 N–H and O–H groups in total. The molecule has 2 fully saturated rings. The third kappa shape index (κ3) is 2.99. The van der Waals surface area contributed by atoms with Crippen molar-refractivity contribution in [1.82, 2.24) is 5.32 Å². The maximum absolute atomic E-state index is 12.4. The zero-order valence-corrected chi connectivity index (χ0v) is 12.5. The predicted molar refractivity (Wildman–Crippen MR) is 79.6 cm³/mol. The minimum atomic E-state index is -0.780. The molecule has 0 heterocycles. The normalized spacial score (nSPS) is 34.6. The highest BCUT2D eigenvalue weighted by Gasteiger charge is 2.53. The van der Waals surface area contributed by atoms with E-state index in [-0.39, 0.29) is 17.7 Å². The molecule has 0 unspecified atom stereocenters. The van der Waals surface area contributed by atoms with Crippen molar-refractivity contribution in [2.75, 3.05) is 6.54 Å². The second-order valence-electron chi connectivity index (χ2n) is 6.87. The number of hydrogen-bond acceptors (Lipinski definition) is 2. The molecule has 4 heteroatoms. The Hall–Kier alpha value is -1.32. The minimum Gasteiger partial charge on any atom is -0.481 e. The highest BCUT2D eigenvalue weighted by atomic mass is 16.4. The van der Waals surface area contributed by atoms with Crippen LogP contribution in [0.15, 0.2) is 11.6 Å². The van der Waals surface area contributed by atoms with Gasteiger partial charge in [-0.15, -0.1) is 0 Å². The third-order valence-corrected chi connectivity index (χ3v) is 5.63. The fourth-order valence-electron chi connectivity index (χ4n) is 4.62. The van der Waals surface area contributed by atoms with Gasteiger partial charge in [0.25, 0.3) is 0 Å². The molecule has 0 aromatic carbocycles. The Morgan fingerprint density at radius 1 is 1.19 bits per heavy atom. The van der Waals surface area contributed by atoms with E-state index >= 15 is 0 Å². The molecule has 0 aromatic heterocycles. The van der Waals surface area contributed by atoms with Crippen molar-refractivity contribution in [2.45, 2.75) is 51.4 Å². The summed E-state index contributed by atoms with van der Waals surface area (Å²) in [6, 6.07) is 0. The van der Waals surface area contributed by atoms with Crippen molar-refractivity contribution in [3.05, 3.63) is 11.6 Å². The molecule has 0 spiro atoms. The van der Waals surface area contributed by atoms with Crippen LogP contribution in [0.5, 0.6) is 0 Å². The zero-order valence-electron chi connectivity index (χ0n) is 12.5. The minimum absolute atomic E-state index is 0.0222. The Labute approximate surface area is 126 Å². The highest BCUT2D eigenvalue weighted by molar-refractivity contribution is 5.86. The van der Waals surface area contributed by atoms with Gasteiger partial charge in [0.05, 0.1) is 11.8 Å². The van der Waals surface area contributed by atoms with Crippen LogP contribution >= 0.6 is 0 Å². The highest BCUT2D eigenvalue weighted by Crippen LogP contribution is 2.52. The summed E-state index contributed by atoms with van der Waals surface area (Å²) in [4.78, 5) is 23.8. The molecule has 4 atom stereocenters. The maximum Gasteiger partial charge on any atom is 0.307 e. The fraction of sp³-hybridized carbons (Fsp3) is 0.765. The van der Waals surface area contributed by atoms with Crippen LogP contribution in [0, 0.1) is 23.7 Å². The van der Waals surface area contributed by atoms with Crippen LogP contribution in [0.4, 0.5) is 0 Å². The lowest BCUT2D eigenvalue weighted by Gasteiger charge is -2.27. The number of allylic oxidation sites excluding steroid dienone is 1. The fourth-order valence-corrected chi connectivity index (χ4v) is 4.62. The molecule has 3 rings (SSSR count). The molecule has 2 saturated carbocycles. The van der Waals surface area contributed by atoms with E-state index in [0.29, 0.717) is 12.5 Å². The van der Waals surface area contributed by atoms with Crippen molar-refractivity contribution < 1.29 is 14.7 Å². The quantitative estimate of drug-likeness (QED) is 0.765. The monoisotopic (exact) mass is 291 g/mol. The number of carbonyl (C=O) groups is 2. The first-order valence-corrected chi connectivity index (χ1v) is 8.35. The van der Waals surface area contributed by atoms with Gasteiger partial charge >= 0.3 is 5.97 Å². The van der Waals surface area contributed by atoms with Gasteiger partial charge in [-0.3, -0.25) is 9.59 Å². The molecule has 4 nitrogen and oxygen atoms in total. The molecule has 21 heavy (non-hydrogen) atoms. The van der Waals surface area contributed by atoms with Crippen molar-refractivity contribution in [3.63, 3.8) is 0 Å². The summed E-state index contributed by atoms with van der Waals surface area (Å²) in [6.07, 6.45) is 11.0. The van der Waals surface area contributed by atoms with Gasteiger partial charge in [-0.1, -0.05) is 11.6 Å². The molecule has 0 radical (unpaired) electrons. The lowest BCUT2D eigenvalue weighted by molar-refractivity contribution is -0.149. The van der Waals surface area contributed by atoms with Gasteiger partial charge in [-0.25, -0.2) is 0 Å². The van der Waals surface area contributed by atoms with Crippen molar-refractivity contribution >= 4 is 11.9 Å². The molecule has 116 valence electrons. The lowest BCUT2D eigenvalue weighted by Crippen LogP contribution is -2.41. The van der Waals surface area contributed by atoms with E-state index in [9.17, 15) is 14.7 Å². The molecular weight excluding hydrogens is 266 g/mol. The number of carbonyl (C=O) groups excluding carboxylic acids is 1. The van der Waals surface area contributed by atoms with E-state index in [1.54, 1.807) is 0 Å². The van der Waals surface area contributed by atoms with Crippen LogP contribution in [0.1, 0.15) is 51.4 Å². The first-order chi connectivity index (χ1) is 10.2. The van der Waals surface area contributed by atoms with Crippen molar-refractivity contribution in [1.29, 1.82) is 0 Å². The summed E-state index contributed by atoms with van der Waals surface area (Å²) in [6.45, 7) is 0.658.